The highest BCUT2D eigenvalue weighted by molar-refractivity contribution is 7.12. The minimum absolute atomic E-state index is 0.0908. The van der Waals surface area contributed by atoms with Gasteiger partial charge in [-0.05, 0) is 18.4 Å². The second kappa shape index (κ2) is 4.54. The molecule has 2 aromatic rings. The molecule has 0 saturated heterocycles. The third kappa shape index (κ3) is 2.28. The summed E-state index contributed by atoms with van der Waals surface area (Å²) in [7, 11) is 1.82. The Balaban J connectivity index is 2.02. The highest BCUT2D eigenvalue weighted by Crippen LogP contribution is 2.20. The number of rotatable bonds is 3. The number of esters is 1. The molecule has 90 valence electrons. The molecule has 0 amide bonds. The average molecular weight is 252 g/mol. The van der Waals surface area contributed by atoms with Crippen LogP contribution in [0.4, 0.5) is 5.69 Å². The molecule has 17 heavy (non-hydrogen) atoms. The van der Waals surface area contributed by atoms with Crippen LogP contribution in [0.3, 0.4) is 0 Å². The average Bonchev–Trinajstić information content (AvgIpc) is 2.85. The molecule has 2 heterocycles. The Hall–Kier alpha value is -1.89. The number of ether oxygens (including phenoxy) is 1. The van der Waals surface area contributed by atoms with Crippen LogP contribution in [0.1, 0.15) is 21.3 Å². The summed E-state index contributed by atoms with van der Waals surface area (Å²) in [6, 6.07) is 1.67. The standard InChI is InChI=1S/C10H12N4O2S/c1-6-12-13-8(14(6)2)5-16-10(15)9-7(11)3-4-17-9/h3-4H,5,11H2,1-2H3. The molecule has 2 aromatic heterocycles. The minimum atomic E-state index is -0.432. The molecule has 6 nitrogen and oxygen atoms in total. The third-order valence-electron chi connectivity index (χ3n) is 2.40. The summed E-state index contributed by atoms with van der Waals surface area (Å²) < 4.78 is 6.88. The van der Waals surface area contributed by atoms with E-state index < -0.39 is 5.97 Å². The molecule has 0 fully saturated rings. The van der Waals surface area contributed by atoms with E-state index in [-0.39, 0.29) is 6.61 Å². The fraction of sp³-hybridized carbons (Fsp3) is 0.300. The van der Waals surface area contributed by atoms with E-state index in [4.69, 9.17) is 10.5 Å². The zero-order valence-corrected chi connectivity index (χ0v) is 10.3. The van der Waals surface area contributed by atoms with Crippen LogP contribution in [0.15, 0.2) is 11.4 Å². The van der Waals surface area contributed by atoms with Crippen LogP contribution in [0, 0.1) is 6.92 Å². The summed E-state index contributed by atoms with van der Waals surface area (Å²) in [6.45, 7) is 1.92. The van der Waals surface area contributed by atoms with E-state index in [9.17, 15) is 4.79 Å². The van der Waals surface area contributed by atoms with Crippen LogP contribution < -0.4 is 5.73 Å². The maximum Gasteiger partial charge on any atom is 0.350 e. The van der Waals surface area contributed by atoms with Crippen LogP contribution in [0.2, 0.25) is 0 Å². The Morgan fingerprint density at radius 1 is 1.59 bits per heavy atom. The monoisotopic (exact) mass is 252 g/mol. The van der Waals surface area contributed by atoms with E-state index in [1.54, 1.807) is 16.0 Å². The molecule has 0 unspecified atom stereocenters. The van der Waals surface area contributed by atoms with Crippen molar-refractivity contribution < 1.29 is 9.53 Å². The quantitative estimate of drug-likeness (QED) is 0.828. The fourth-order valence-electron chi connectivity index (χ4n) is 1.26. The Kier molecular flexibility index (Phi) is 3.10. The van der Waals surface area contributed by atoms with E-state index >= 15 is 0 Å². The molecule has 0 aliphatic heterocycles. The first-order valence-corrected chi connectivity index (χ1v) is 5.82. The van der Waals surface area contributed by atoms with Gasteiger partial charge in [-0.25, -0.2) is 4.79 Å². The van der Waals surface area contributed by atoms with Crippen molar-refractivity contribution in [1.82, 2.24) is 14.8 Å². The number of carbonyl (C=O) groups is 1. The van der Waals surface area contributed by atoms with E-state index in [2.05, 4.69) is 10.2 Å². The summed E-state index contributed by atoms with van der Waals surface area (Å²) in [4.78, 5) is 12.1. The van der Waals surface area contributed by atoms with E-state index in [0.29, 0.717) is 16.4 Å². The van der Waals surface area contributed by atoms with Gasteiger partial charge >= 0.3 is 5.97 Å². The van der Waals surface area contributed by atoms with Crippen molar-refractivity contribution in [3.05, 3.63) is 28.0 Å². The van der Waals surface area contributed by atoms with Gasteiger partial charge in [-0.2, -0.15) is 0 Å². The van der Waals surface area contributed by atoms with Crippen LogP contribution >= 0.6 is 11.3 Å². The molecule has 7 heteroatoms. The van der Waals surface area contributed by atoms with Crippen molar-refractivity contribution >= 4 is 23.0 Å². The number of anilines is 1. The number of nitrogens with zero attached hydrogens (tertiary/aromatic N) is 3. The molecular weight excluding hydrogens is 240 g/mol. The lowest BCUT2D eigenvalue weighted by Crippen LogP contribution is -2.09. The van der Waals surface area contributed by atoms with E-state index in [1.807, 2.05) is 14.0 Å². The first kappa shape index (κ1) is 11.6. The maximum absolute atomic E-state index is 11.7. The van der Waals surface area contributed by atoms with Gasteiger partial charge in [-0.1, -0.05) is 0 Å². The Labute approximate surface area is 102 Å². The number of carbonyl (C=O) groups excluding carboxylic acids is 1. The van der Waals surface area contributed by atoms with Gasteiger partial charge in [-0.3, -0.25) is 0 Å². The molecule has 2 rings (SSSR count). The molecule has 0 radical (unpaired) electrons. The first-order valence-electron chi connectivity index (χ1n) is 4.94. The molecule has 0 saturated carbocycles. The summed E-state index contributed by atoms with van der Waals surface area (Å²) in [5.41, 5.74) is 6.06. The highest BCUT2D eigenvalue weighted by atomic mass is 32.1. The Morgan fingerprint density at radius 3 is 2.88 bits per heavy atom. The molecule has 0 aliphatic carbocycles. The Morgan fingerprint density at radius 2 is 2.35 bits per heavy atom. The maximum atomic E-state index is 11.7. The second-order valence-corrected chi connectivity index (χ2v) is 4.42. The van der Waals surface area contributed by atoms with Gasteiger partial charge in [0.15, 0.2) is 12.4 Å². The number of nitrogen functional groups attached to an aromatic ring is 1. The van der Waals surface area contributed by atoms with Crippen molar-refractivity contribution in [3.63, 3.8) is 0 Å². The van der Waals surface area contributed by atoms with Gasteiger partial charge in [0.25, 0.3) is 0 Å². The van der Waals surface area contributed by atoms with Gasteiger partial charge in [-0.15, -0.1) is 21.5 Å². The van der Waals surface area contributed by atoms with Crippen LogP contribution in [0.5, 0.6) is 0 Å². The molecule has 0 bridgehead atoms. The summed E-state index contributed by atoms with van der Waals surface area (Å²) in [5.74, 6) is 0.941. The van der Waals surface area contributed by atoms with Gasteiger partial charge in [0.2, 0.25) is 0 Å². The van der Waals surface area contributed by atoms with Crippen molar-refractivity contribution in [2.75, 3.05) is 5.73 Å². The van der Waals surface area contributed by atoms with Crippen molar-refractivity contribution in [3.8, 4) is 0 Å². The zero-order valence-electron chi connectivity index (χ0n) is 9.51. The second-order valence-electron chi connectivity index (χ2n) is 3.50. The minimum Gasteiger partial charge on any atom is -0.453 e. The summed E-state index contributed by atoms with van der Waals surface area (Å²) >= 11 is 1.26. The van der Waals surface area contributed by atoms with Crippen LogP contribution in [0.25, 0.3) is 0 Å². The van der Waals surface area contributed by atoms with E-state index in [0.717, 1.165) is 5.82 Å². The van der Waals surface area contributed by atoms with Gasteiger partial charge in [0.1, 0.15) is 10.7 Å². The van der Waals surface area contributed by atoms with Gasteiger partial charge < -0.3 is 15.0 Å². The van der Waals surface area contributed by atoms with Crippen LogP contribution in [-0.2, 0) is 18.4 Å². The van der Waals surface area contributed by atoms with Crippen molar-refractivity contribution in [1.29, 1.82) is 0 Å². The van der Waals surface area contributed by atoms with Crippen LogP contribution in [-0.4, -0.2) is 20.7 Å². The number of hydrogen-bond donors (Lipinski definition) is 1. The topological polar surface area (TPSA) is 83.0 Å². The smallest absolute Gasteiger partial charge is 0.350 e. The highest BCUT2D eigenvalue weighted by Gasteiger charge is 2.14. The lowest BCUT2D eigenvalue weighted by Gasteiger charge is -2.03. The number of aryl methyl sites for hydroxylation is 1. The lowest BCUT2D eigenvalue weighted by atomic mass is 10.4. The molecule has 2 N–H and O–H groups in total. The van der Waals surface area contributed by atoms with E-state index in [1.165, 1.54) is 11.3 Å². The summed E-state index contributed by atoms with van der Waals surface area (Å²) in [5, 5.41) is 9.52. The fourth-order valence-corrected chi connectivity index (χ4v) is 1.97. The molecular formula is C10H12N4O2S. The lowest BCUT2D eigenvalue weighted by molar-refractivity contribution is 0.0465. The van der Waals surface area contributed by atoms with Gasteiger partial charge in [0, 0.05) is 7.05 Å². The molecule has 0 aromatic carbocycles. The third-order valence-corrected chi connectivity index (χ3v) is 3.31. The first-order chi connectivity index (χ1) is 8.09. The van der Waals surface area contributed by atoms with Crippen molar-refractivity contribution in [2.45, 2.75) is 13.5 Å². The van der Waals surface area contributed by atoms with Crippen molar-refractivity contribution in [2.24, 2.45) is 7.05 Å². The number of nitrogens with two attached hydrogens (primary N) is 1. The Bertz CT molecular complexity index is 546. The van der Waals surface area contributed by atoms with Gasteiger partial charge in [0.05, 0.1) is 5.69 Å². The SMILES string of the molecule is Cc1nnc(COC(=O)c2sccc2N)n1C. The number of thiophene rings is 1. The summed E-state index contributed by atoms with van der Waals surface area (Å²) in [6.07, 6.45) is 0. The molecule has 0 spiro atoms. The molecule has 0 atom stereocenters. The number of aromatic nitrogens is 3. The normalized spacial score (nSPS) is 10.5. The number of hydrogen-bond acceptors (Lipinski definition) is 6. The predicted octanol–water partition coefficient (Wildman–Crippen LogP) is 1.12. The largest absolute Gasteiger partial charge is 0.453 e. The predicted molar refractivity (Wildman–Crippen MR) is 63.6 cm³/mol. The zero-order chi connectivity index (χ0) is 12.4. The molecule has 0 aliphatic rings.